The normalized spacial score (nSPS) is 26.5. The highest BCUT2D eigenvalue weighted by molar-refractivity contribution is 8.01. The molecule has 0 aromatic carbocycles. The Bertz CT molecular complexity index is 697. The smallest absolute Gasteiger partial charge is 0.261 e. The SMILES string of the molecule is Cc1ncc(Sc2ccc(C(=O)N[C@@H]3C[C@H]4CC[C@@H]3N4)s2)o1. The van der Waals surface area contributed by atoms with Crippen molar-refractivity contribution < 1.29 is 9.21 Å². The maximum absolute atomic E-state index is 12.4. The van der Waals surface area contributed by atoms with Crippen molar-refractivity contribution in [2.24, 2.45) is 0 Å². The number of oxazole rings is 1. The van der Waals surface area contributed by atoms with Crippen LogP contribution in [-0.4, -0.2) is 29.0 Å². The Hall–Kier alpha value is -1.31. The highest BCUT2D eigenvalue weighted by atomic mass is 32.2. The third kappa shape index (κ3) is 2.80. The summed E-state index contributed by atoms with van der Waals surface area (Å²) >= 11 is 2.99. The van der Waals surface area contributed by atoms with Gasteiger partial charge in [0.1, 0.15) is 0 Å². The van der Waals surface area contributed by atoms with Crippen LogP contribution in [0.25, 0.3) is 0 Å². The second-order valence-electron chi connectivity index (χ2n) is 5.78. The van der Waals surface area contributed by atoms with E-state index < -0.39 is 0 Å². The molecule has 1 amide bonds. The standard InChI is InChI=1S/C15H17N3O2S2/c1-8-16-7-13(20-8)22-14-5-4-12(21-14)15(19)18-11-6-9-2-3-10(11)17-9/h4-5,7,9-11,17H,2-3,6H2,1H3,(H,18,19)/t9-,10+,11-/m1/s1. The van der Waals surface area contributed by atoms with Crippen LogP contribution in [0.15, 0.2) is 32.0 Å². The molecule has 2 aromatic rings. The maximum Gasteiger partial charge on any atom is 0.261 e. The fourth-order valence-corrected chi connectivity index (χ4v) is 5.13. The lowest BCUT2D eigenvalue weighted by atomic mass is 9.95. The van der Waals surface area contributed by atoms with Gasteiger partial charge in [0.2, 0.25) is 0 Å². The van der Waals surface area contributed by atoms with Crippen molar-refractivity contribution in [3.05, 3.63) is 29.1 Å². The molecule has 4 heterocycles. The molecule has 2 aliphatic rings. The van der Waals surface area contributed by atoms with Crippen LogP contribution >= 0.6 is 23.1 Å². The summed E-state index contributed by atoms with van der Waals surface area (Å²) in [4.78, 5) is 17.2. The Morgan fingerprint density at radius 2 is 2.41 bits per heavy atom. The van der Waals surface area contributed by atoms with Crippen LogP contribution in [0.1, 0.15) is 34.8 Å². The summed E-state index contributed by atoms with van der Waals surface area (Å²) in [6, 6.07) is 5.17. The van der Waals surface area contributed by atoms with Gasteiger partial charge in [-0.05, 0) is 43.2 Å². The van der Waals surface area contributed by atoms with Crippen LogP contribution in [-0.2, 0) is 0 Å². The zero-order valence-corrected chi connectivity index (χ0v) is 13.8. The zero-order valence-electron chi connectivity index (χ0n) is 12.2. The second-order valence-corrected chi connectivity index (χ2v) is 8.17. The summed E-state index contributed by atoms with van der Waals surface area (Å²) in [7, 11) is 0. The predicted octanol–water partition coefficient (Wildman–Crippen LogP) is 2.82. The average molecular weight is 335 g/mol. The van der Waals surface area contributed by atoms with E-state index in [2.05, 4.69) is 15.6 Å². The molecule has 2 saturated heterocycles. The fourth-order valence-electron chi connectivity index (χ4n) is 3.21. The molecule has 0 unspecified atom stereocenters. The number of aryl methyl sites for hydroxylation is 1. The summed E-state index contributed by atoms with van der Waals surface area (Å²) in [5, 5.41) is 7.47. The van der Waals surface area contributed by atoms with Crippen molar-refractivity contribution in [2.75, 3.05) is 0 Å². The number of rotatable bonds is 4. The van der Waals surface area contributed by atoms with Gasteiger partial charge in [-0.1, -0.05) is 0 Å². The zero-order chi connectivity index (χ0) is 15.1. The Kier molecular flexibility index (Phi) is 3.71. The number of hydrogen-bond acceptors (Lipinski definition) is 6. The molecule has 3 atom stereocenters. The average Bonchev–Trinajstić information content (AvgIpc) is 3.24. The number of hydrogen-bond donors (Lipinski definition) is 2. The molecule has 5 nitrogen and oxygen atoms in total. The van der Waals surface area contributed by atoms with E-state index in [1.807, 2.05) is 19.1 Å². The quantitative estimate of drug-likeness (QED) is 0.899. The molecule has 2 aromatic heterocycles. The van der Waals surface area contributed by atoms with Gasteiger partial charge in [-0.3, -0.25) is 4.79 Å². The van der Waals surface area contributed by atoms with E-state index in [0.717, 1.165) is 20.6 Å². The molecule has 2 aliphatic heterocycles. The largest absolute Gasteiger partial charge is 0.434 e. The summed E-state index contributed by atoms with van der Waals surface area (Å²) in [6.07, 6.45) is 5.18. The molecule has 0 spiro atoms. The minimum atomic E-state index is 0.0324. The van der Waals surface area contributed by atoms with Crippen LogP contribution in [0.2, 0.25) is 0 Å². The molecule has 7 heteroatoms. The van der Waals surface area contributed by atoms with E-state index in [-0.39, 0.29) is 11.9 Å². The molecule has 2 bridgehead atoms. The van der Waals surface area contributed by atoms with Crippen LogP contribution in [0.3, 0.4) is 0 Å². The summed E-state index contributed by atoms with van der Waals surface area (Å²) in [5.74, 6) is 0.686. The predicted molar refractivity (Wildman–Crippen MR) is 85.5 cm³/mol. The summed E-state index contributed by atoms with van der Waals surface area (Å²) in [5.41, 5.74) is 0. The highest BCUT2D eigenvalue weighted by Crippen LogP contribution is 2.34. The van der Waals surface area contributed by atoms with Crippen LogP contribution in [0.4, 0.5) is 0 Å². The van der Waals surface area contributed by atoms with Gasteiger partial charge < -0.3 is 15.1 Å². The van der Waals surface area contributed by atoms with Gasteiger partial charge in [-0.25, -0.2) is 4.98 Å². The van der Waals surface area contributed by atoms with Crippen molar-refractivity contribution >= 4 is 29.0 Å². The second kappa shape index (κ2) is 5.72. The monoisotopic (exact) mass is 335 g/mol. The third-order valence-electron chi connectivity index (χ3n) is 4.22. The first-order valence-corrected chi connectivity index (χ1v) is 9.08. The number of amides is 1. The topological polar surface area (TPSA) is 67.2 Å². The molecule has 2 fully saturated rings. The number of nitrogens with one attached hydrogen (secondary N) is 2. The van der Waals surface area contributed by atoms with Crippen LogP contribution in [0.5, 0.6) is 0 Å². The van der Waals surface area contributed by atoms with E-state index in [4.69, 9.17) is 4.42 Å². The number of fused-ring (bicyclic) bond motifs is 2. The van der Waals surface area contributed by atoms with Gasteiger partial charge >= 0.3 is 0 Å². The van der Waals surface area contributed by atoms with Crippen molar-refractivity contribution in [3.8, 4) is 0 Å². The lowest BCUT2D eigenvalue weighted by Crippen LogP contribution is -2.42. The molecule has 0 aliphatic carbocycles. The third-order valence-corrected chi connectivity index (χ3v) is 6.33. The van der Waals surface area contributed by atoms with E-state index >= 15 is 0 Å². The van der Waals surface area contributed by atoms with Crippen LogP contribution in [0, 0.1) is 6.92 Å². The number of carbonyl (C=O) groups is 1. The van der Waals surface area contributed by atoms with Gasteiger partial charge in [0.15, 0.2) is 11.0 Å². The van der Waals surface area contributed by atoms with Gasteiger partial charge in [0.05, 0.1) is 15.3 Å². The van der Waals surface area contributed by atoms with E-state index in [1.54, 1.807) is 6.20 Å². The Labute approximate surface area is 136 Å². The molecular formula is C15H17N3O2S2. The molecule has 116 valence electrons. The van der Waals surface area contributed by atoms with Crippen molar-refractivity contribution in [1.82, 2.24) is 15.6 Å². The van der Waals surface area contributed by atoms with Crippen LogP contribution < -0.4 is 10.6 Å². The van der Waals surface area contributed by atoms with Gasteiger partial charge in [0.25, 0.3) is 5.91 Å². The lowest BCUT2D eigenvalue weighted by Gasteiger charge is -2.20. The molecule has 0 saturated carbocycles. The minimum Gasteiger partial charge on any atom is -0.434 e. The number of thiophene rings is 1. The minimum absolute atomic E-state index is 0.0324. The fraction of sp³-hybridized carbons (Fsp3) is 0.467. The number of aromatic nitrogens is 1. The van der Waals surface area contributed by atoms with Gasteiger partial charge in [0, 0.05) is 25.0 Å². The first-order chi connectivity index (χ1) is 10.7. The molecular weight excluding hydrogens is 318 g/mol. The number of carbonyl (C=O) groups excluding carboxylic acids is 1. The van der Waals surface area contributed by atoms with E-state index in [1.165, 1.54) is 35.9 Å². The Morgan fingerprint density at radius 1 is 1.50 bits per heavy atom. The maximum atomic E-state index is 12.4. The van der Waals surface area contributed by atoms with Crippen molar-refractivity contribution in [3.63, 3.8) is 0 Å². The molecule has 22 heavy (non-hydrogen) atoms. The lowest BCUT2D eigenvalue weighted by molar-refractivity contribution is 0.0935. The Balaban J connectivity index is 1.39. The molecule has 4 rings (SSSR count). The first-order valence-electron chi connectivity index (χ1n) is 7.44. The van der Waals surface area contributed by atoms with E-state index in [9.17, 15) is 4.79 Å². The molecule has 2 N–H and O–H groups in total. The first kappa shape index (κ1) is 14.3. The molecule has 0 radical (unpaired) electrons. The summed E-state index contributed by atoms with van der Waals surface area (Å²) in [6.45, 7) is 1.82. The van der Waals surface area contributed by atoms with Gasteiger partial charge in [-0.15, -0.1) is 11.3 Å². The number of nitrogens with zero attached hydrogens (tertiary/aromatic N) is 1. The van der Waals surface area contributed by atoms with E-state index in [0.29, 0.717) is 18.0 Å². The highest BCUT2D eigenvalue weighted by Gasteiger charge is 2.39. The van der Waals surface area contributed by atoms with Gasteiger partial charge in [-0.2, -0.15) is 0 Å². The summed E-state index contributed by atoms with van der Waals surface area (Å²) < 4.78 is 6.48. The van der Waals surface area contributed by atoms with Crippen molar-refractivity contribution in [2.45, 2.75) is 53.6 Å². The van der Waals surface area contributed by atoms with Crippen molar-refractivity contribution in [1.29, 1.82) is 0 Å². The Morgan fingerprint density at radius 3 is 3.09 bits per heavy atom.